The largest absolute Gasteiger partial charge is 0.394 e. The first-order chi connectivity index (χ1) is 6.43. The summed E-state index contributed by atoms with van der Waals surface area (Å²) in [6, 6.07) is 0. The summed E-state index contributed by atoms with van der Waals surface area (Å²) in [4.78, 5) is 30.7. The summed E-state index contributed by atoms with van der Waals surface area (Å²) in [5.41, 5.74) is 0. The lowest BCUT2D eigenvalue weighted by atomic mass is 10.3. The maximum Gasteiger partial charge on any atom is 0.320 e. The van der Waals surface area contributed by atoms with E-state index in [1.54, 1.807) is 0 Å². The highest BCUT2D eigenvalue weighted by molar-refractivity contribution is 5.97. The zero-order valence-electron chi connectivity index (χ0n) is 8.15. The van der Waals surface area contributed by atoms with Gasteiger partial charge in [-0.25, -0.2) is 0 Å². The van der Waals surface area contributed by atoms with Gasteiger partial charge in [-0.2, -0.15) is 0 Å². The molecule has 0 amide bonds. The number of hydrogen-bond acceptors (Lipinski definition) is 6. The van der Waals surface area contributed by atoms with Crippen LogP contribution < -0.4 is 0 Å². The van der Waals surface area contributed by atoms with Gasteiger partial charge in [-0.1, -0.05) is 0 Å². The van der Waals surface area contributed by atoms with Crippen LogP contribution in [0.15, 0.2) is 0 Å². The van der Waals surface area contributed by atoms with Crippen molar-refractivity contribution in [1.82, 2.24) is 0 Å². The molecule has 0 fully saturated rings. The Bertz CT molecular complexity index is 178. The lowest BCUT2D eigenvalue weighted by molar-refractivity contribution is -0.158. The average molecular weight is 206 g/mol. The van der Waals surface area contributed by atoms with Gasteiger partial charge in [-0.15, -0.1) is 0 Å². The molecule has 0 aliphatic rings. The van der Waals surface area contributed by atoms with Crippen molar-refractivity contribution in [1.29, 1.82) is 0 Å². The molecular weight excluding hydrogens is 192 g/mol. The molecule has 0 spiro atoms. The lowest BCUT2D eigenvalue weighted by Gasteiger charge is -1.94. The number of carbonyl (C=O) groups excluding carboxylic acids is 3. The Morgan fingerprint density at radius 2 is 1.50 bits per heavy atom. The Morgan fingerprint density at radius 1 is 1.07 bits per heavy atom. The van der Waals surface area contributed by atoms with Gasteiger partial charge >= 0.3 is 11.9 Å². The summed E-state index contributed by atoms with van der Waals surface area (Å²) in [7, 11) is 0. The Hall–Kier alpha value is -1.27. The Labute approximate surface area is 81.5 Å². The van der Waals surface area contributed by atoms with Gasteiger partial charge in [0.05, 0.1) is 13.2 Å². The highest BCUT2D eigenvalue weighted by Gasteiger charge is 2.07. The van der Waals surface area contributed by atoms with Crippen molar-refractivity contribution in [2.75, 3.05) is 13.2 Å². The molecule has 0 aromatic rings. The fourth-order valence-electron chi connectivity index (χ4n) is 0.400. The highest BCUT2D eigenvalue weighted by Crippen LogP contribution is 1.87. The Kier molecular flexibility index (Phi) is 10.7. The van der Waals surface area contributed by atoms with Gasteiger partial charge in [0.1, 0.15) is 12.2 Å². The molecule has 2 N–H and O–H groups in total. The van der Waals surface area contributed by atoms with Crippen LogP contribution in [-0.4, -0.2) is 41.1 Å². The third-order valence-corrected chi connectivity index (χ3v) is 0.751. The molecule has 0 aromatic carbocycles. The van der Waals surface area contributed by atoms with E-state index in [0.29, 0.717) is 0 Å². The number of esters is 2. The number of aliphatic hydroxyl groups excluding tert-OH is 2. The second-order valence-corrected chi connectivity index (χ2v) is 2.29. The molecule has 6 nitrogen and oxygen atoms in total. The lowest BCUT2D eigenvalue weighted by Crippen LogP contribution is -2.11. The topological polar surface area (TPSA) is 101 Å². The molecule has 0 heterocycles. The van der Waals surface area contributed by atoms with Crippen molar-refractivity contribution in [3.8, 4) is 0 Å². The van der Waals surface area contributed by atoms with Crippen molar-refractivity contribution in [3.05, 3.63) is 0 Å². The van der Waals surface area contributed by atoms with Crippen LogP contribution in [0.25, 0.3) is 0 Å². The number of aliphatic hydroxyl groups is 2. The van der Waals surface area contributed by atoms with Crippen LogP contribution in [0.5, 0.6) is 0 Å². The van der Waals surface area contributed by atoms with Crippen molar-refractivity contribution >= 4 is 17.7 Å². The summed E-state index contributed by atoms with van der Waals surface area (Å²) < 4.78 is 4.06. The number of ether oxygens (including phenoxy) is 1. The molecule has 82 valence electrons. The number of rotatable bonds is 3. The van der Waals surface area contributed by atoms with Crippen LogP contribution in [-0.2, 0) is 19.1 Å². The predicted molar refractivity (Wildman–Crippen MR) is 46.2 cm³/mol. The molecule has 14 heavy (non-hydrogen) atoms. The minimum absolute atomic E-state index is 0.125. The van der Waals surface area contributed by atoms with E-state index >= 15 is 0 Å². The van der Waals surface area contributed by atoms with Gasteiger partial charge in [-0.05, 0) is 6.92 Å². The van der Waals surface area contributed by atoms with Crippen molar-refractivity contribution in [2.24, 2.45) is 0 Å². The molecule has 0 radical (unpaired) electrons. The summed E-state index contributed by atoms with van der Waals surface area (Å²) in [6.45, 7) is 2.11. The zero-order valence-corrected chi connectivity index (χ0v) is 8.15. The van der Waals surface area contributed by atoms with Crippen LogP contribution in [0.1, 0.15) is 20.3 Å². The van der Waals surface area contributed by atoms with Crippen molar-refractivity contribution in [3.63, 3.8) is 0 Å². The maximum absolute atomic E-state index is 10.4. The molecule has 0 aliphatic heterocycles. The van der Waals surface area contributed by atoms with Gasteiger partial charge in [0.15, 0.2) is 0 Å². The highest BCUT2D eigenvalue weighted by atomic mass is 16.6. The van der Waals surface area contributed by atoms with Crippen LogP contribution in [0.2, 0.25) is 0 Å². The summed E-state index contributed by atoms with van der Waals surface area (Å²) >= 11 is 0. The third kappa shape index (κ3) is 17.0. The Balaban J connectivity index is 0. The molecule has 6 heteroatoms. The van der Waals surface area contributed by atoms with Crippen LogP contribution in [0.4, 0.5) is 0 Å². The molecule has 0 saturated carbocycles. The maximum atomic E-state index is 10.4. The predicted octanol–water partition coefficient (Wildman–Crippen LogP) is -0.974. The van der Waals surface area contributed by atoms with Crippen LogP contribution in [0, 0.1) is 0 Å². The number of ketones is 1. The fraction of sp³-hybridized carbons (Fsp3) is 0.625. The van der Waals surface area contributed by atoms with Crippen molar-refractivity contribution in [2.45, 2.75) is 20.3 Å². The van der Waals surface area contributed by atoms with E-state index in [1.807, 2.05) is 0 Å². The summed E-state index contributed by atoms with van der Waals surface area (Å²) in [5.74, 6) is -1.79. The minimum atomic E-state index is -0.792. The van der Waals surface area contributed by atoms with E-state index < -0.39 is 11.9 Å². The van der Waals surface area contributed by atoms with E-state index in [1.165, 1.54) is 6.92 Å². The molecule has 0 unspecified atom stereocenters. The third-order valence-electron chi connectivity index (χ3n) is 0.751. The molecule has 0 atom stereocenters. The molecule has 0 aromatic heterocycles. The van der Waals surface area contributed by atoms with Crippen LogP contribution in [0.3, 0.4) is 0 Å². The van der Waals surface area contributed by atoms with E-state index in [0.717, 1.165) is 6.92 Å². The number of carbonyl (C=O) groups is 3. The van der Waals surface area contributed by atoms with E-state index in [-0.39, 0.29) is 25.4 Å². The van der Waals surface area contributed by atoms with E-state index in [4.69, 9.17) is 10.2 Å². The van der Waals surface area contributed by atoms with Gasteiger partial charge in [0.2, 0.25) is 0 Å². The molecule has 0 aliphatic carbocycles. The van der Waals surface area contributed by atoms with Gasteiger partial charge in [-0.3, -0.25) is 14.4 Å². The molecule has 0 saturated heterocycles. The van der Waals surface area contributed by atoms with Gasteiger partial charge < -0.3 is 14.9 Å². The SMILES string of the molecule is CC(=O)CC(=O)OC(C)=O.OCCO. The number of Topliss-reactive ketones (excluding diaryl/α,β-unsaturated/α-hetero) is 1. The first kappa shape index (κ1) is 15.2. The minimum Gasteiger partial charge on any atom is -0.394 e. The van der Waals surface area contributed by atoms with E-state index in [2.05, 4.69) is 4.74 Å². The first-order valence-electron chi connectivity index (χ1n) is 3.86. The summed E-state index contributed by atoms with van der Waals surface area (Å²) in [6.07, 6.45) is -0.334. The monoisotopic (exact) mass is 206 g/mol. The first-order valence-corrected chi connectivity index (χ1v) is 3.86. The molecule has 0 bridgehead atoms. The van der Waals surface area contributed by atoms with Gasteiger partial charge in [0, 0.05) is 6.92 Å². The molecular formula is C8H14O6. The van der Waals surface area contributed by atoms with Crippen molar-refractivity contribution < 1.29 is 29.3 Å². The zero-order chi connectivity index (χ0) is 11.6. The normalized spacial score (nSPS) is 8.29. The number of hydrogen-bond donors (Lipinski definition) is 2. The Morgan fingerprint density at radius 3 is 1.71 bits per heavy atom. The second-order valence-electron chi connectivity index (χ2n) is 2.29. The smallest absolute Gasteiger partial charge is 0.320 e. The second kappa shape index (κ2) is 9.82. The standard InChI is InChI=1S/C6H8O4.C2H6O2/c1-4(7)3-6(9)10-5(2)8;3-1-2-4/h3H2,1-2H3;3-4H,1-2H2. The average Bonchev–Trinajstić information content (AvgIpc) is 2.01. The van der Waals surface area contributed by atoms with E-state index in [9.17, 15) is 14.4 Å². The molecule has 0 rings (SSSR count). The quantitative estimate of drug-likeness (QED) is 0.455. The van der Waals surface area contributed by atoms with Gasteiger partial charge in [0.25, 0.3) is 0 Å². The van der Waals surface area contributed by atoms with Crippen LogP contribution >= 0.6 is 0 Å². The summed E-state index contributed by atoms with van der Waals surface area (Å²) in [5, 5.41) is 15.2. The fourth-order valence-corrected chi connectivity index (χ4v) is 0.400.